The number of H-pyrrole nitrogens is 1. The van der Waals surface area contributed by atoms with Gasteiger partial charge in [0.2, 0.25) is 0 Å². The molecule has 3 N–H and O–H groups in total. The first-order valence-electron chi connectivity index (χ1n) is 9.49. The minimum atomic E-state index is -0.446. The Morgan fingerprint density at radius 2 is 2.26 bits per heavy atom. The summed E-state index contributed by atoms with van der Waals surface area (Å²) in [6.45, 7) is 4.36. The molecular formula is C19H25N5O3. The molecule has 0 saturated carbocycles. The molecule has 3 amide bonds. The third-order valence-electron chi connectivity index (χ3n) is 5.45. The molecule has 3 heterocycles. The molecule has 4 rings (SSSR count). The van der Waals surface area contributed by atoms with Gasteiger partial charge in [-0.1, -0.05) is 12.1 Å². The molecule has 2 aromatic rings. The Balaban J connectivity index is 1.29. The number of aromatic amines is 1. The highest BCUT2D eigenvalue weighted by molar-refractivity contribution is 5.78. The third kappa shape index (κ3) is 3.70. The second-order valence-electron chi connectivity index (χ2n) is 7.40. The van der Waals surface area contributed by atoms with Crippen molar-refractivity contribution in [3.05, 3.63) is 29.6 Å². The number of amides is 3. The molecule has 2 aliphatic heterocycles. The highest BCUT2D eigenvalue weighted by Gasteiger charge is 2.41. The standard InChI is InChI=1S/C19H25N5O3/c1-13-4-2-5-14-16(13)23-15(22-14)6-9-20-17(25)24-10-3-7-19(8-11-24)12-21-18(26)27-19/h2,4-5H,3,6-12H2,1H3,(H,20,25)(H,21,26)(H,22,23)/t19-/m1/s1. The lowest BCUT2D eigenvalue weighted by molar-refractivity contribution is 0.0453. The Hall–Kier alpha value is -2.77. The van der Waals surface area contributed by atoms with E-state index in [9.17, 15) is 9.59 Å². The molecule has 0 bridgehead atoms. The summed E-state index contributed by atoms with van der Waals surface area (Å²) in [4.78, 5) is 33.6. The third-order valence-corrected chi connectivity index (χ3v) is 5.45. The number of hydrogen-bond acceptors (Lipinski definition) is 4. The van der Waals surface area contributed by atoms with Crippen LogP contribution in [-0.2, 0) is 11.2 Å². The monoisotopic (exact) mass is 371 g/mol. The number of carbonyl (C=O) groups is 2. The van der Waals surface area contributed by atoms with E-state index in [0.717, 1.165) is 35.3 Å². The van der Waals surface area contributed by atoms with Crippen LogP contribution in [0.3, 0.4) is 0 Å². The maximum absolute atomic E-state index is 12.5. The van der Waals surface area contributed by atoms with Crippen LogP contribution >= 0.6 is 0 Å². The molecule has 2 saturated heterocycles. The fourth-order valence-electron chi connectivity index (χ4n) is 3.90. The number of ether oxygens (including phenoxy) is 1. The van der Waals surface area contributed by atoms with Crippen LogP contribution in [0.2, 0.25) is 0 Å². The van der Waals surface area contributed by atoms with E-state index in [1.807, 2.05) is 30.0 Å². The van der Waals surface area contributed by atoms with E-state index in [-0.39, 0.29) is 12.1 Å². The number of para-hydroxylation sites is 1. The SMILES string of the molecule is Cc1cccc2[nH]c(CCNC(=O)N3CCC[C@@]4(CC3)CNC(=O)O4)nc12. The number of imidazole rings is 1. The molecule has 2 fully saturated rings. The highest BCUT2D eigenvalue weighted by atomic mass is 16.6. The number of urea groups is 1. The van der Waals surface area contributed by atoms with Crippen molar-refractivity contribution in [2.45, 2.75) is 38.2 Å². The van der Waals surface area contributed by atoms with E-state index in [4.69, 9.17) is 4.74 Å². The van der Waals surface area contributed by atoms with Crippen LogP contribution in [0, 0.1) is 6.92 Å². The first-order chi connectivity index (χ1) is 13.0. The van der Waals surface area contributed by atoms with Crippen molar-refractivity contribution in [1.29, 1.82) is 0 Å². The Morgan fingerprint density at radius 3 is 3.04 bits per heavy atom. The van der Waals surface area contributed by atoms with E-state index in [1.165, 1.54) is 0 Å². The number of benzene rings is 1. The lowest BCUT2D eigenvalue weighted by atomic mass is 9.95. The zero-order valence-electron chi connectivity index (χ0n) is 15.5. The van der Waals surface area contributed by atoms with Gasteiger partial charge in [0.15, 0.2) is 0 Å². The van der Waals surface area contributed by atoms with E-state index in [1.54, 1.807) is 0 Å². The van der Waals surface area contributed by atoms with E-state index < -0.39 is 5.60 Å². The zero-order valence-corrected chi connectivity index (χ0v) is 15.5. The van der Waals surface area contributed by atoms with Gasteiger partial charge in [-0.2, -0.15) is 0 Å². The Kier molecular flexibility index (Phi) is 4.63. The smallest absolute Gasteiger partial charge is 0.407 e. The molecule has 0 aliphatic carbocycles. The number of hydrogen-bond donors (Lipinski definition) is 3. The summed E-state index contributed by atoms with van der Waals surface area (Å²) in [5, 5.41) is 5.71. The Bertz CT molecular complexity index is 864. The van der Waals surface area contributed by atoms with E-state index in [0.29, 0.717) is 39.0 Å². The average molecular weight is 371 g/mol. The molecule has 1 spiro atoms. The van der Waals surface area contributed by atoms with Gasteiger partial charge in [0.25, 0.3) is 0 Å². The first-order valence-corrected chi connectivity index (χ1v) is 9.49. The van der Waals surface area contributed by atoms with Gasteiger partial charge in [-0.25, -0.2) is 14.6 Å². The molecule has 1 atom stereocenters. The van der Waals surface area contributed by atoms with Gasteiger partial charge in [0, 0.05) is 32.5 Å². The van der Waals surface area contributed by atoms with E-state index in [2.05, 4.69) is 20.6 Å². The second-order valence-corrected chi connectivity index (χ2v) is 7.40. The molecule has 27 heavy (non-hydrogen) atoms. The Morgan fingerprint density at radius 1 is 1.37 bits per heavy atom. The fourth-order valence-corrected chi connectivity index (χ4v) is 3.90. The summed E-state index contributed by atoms with van der Waals surface area (Å²) in [5.74, 6) is 0.873. The number of carbonyl (C=O) groups excluding carboxylic acids is 2. The normalized spacial score (nSPS) is 22.6. The van der Waals surface area contributed by atoms with Crippen LogP contribution < -0.4 is 10.6 Å². The summed E-state index contributed by atoms with van der Waals surface area (Å²) in [6, 6.07) is 5.98. The van der Waals surface area contributed by atoms with Gasteiger partial charge in [-0.15, -0.1) is 0 Å². The van der Waals surface area contributed by atoms with Crippen LogP contribution in [-0.4, -0.2) is 58.8 Å². The van der Waals surface area contributed by atoms with E-state index >= 15 is 0 Å². The molecule has 0 radical (unpaired) electrons. The van der Waals surface area contributed by atoms with Crippen LogP contribution in [0.1, 0.15) is 30.7 Å². The van der Waals surface area contributed by atoms with Gasteiger partial charge < -0.3 is 25.3 Å². The molecule has 2 aliphatic rings. The molecule has 144 valence electrons. The Labute approximate surface area is 157 Å². The predicted octanol–water partition coefficient (Wildman–Crippen LogP) is 2.09. The molecular weight excluding hydrogens is 346 g/mol. The first kappa shape index (κ1) is 17.6. The van der Waals surface area contributed by atoms with Gasteiger partial charge in [0.05, 0.1) is 17.6 Å². The minimum absolute atomic E-state index is 0.0726. The summed E-state index contributed by atoms with van der Waals surface area (Å²) in [7, 11) is 0. The number of rotatable bonds is 3. The number of nitrogens with one attached hydrogen (secondary N) is 3. The fraction of sp³-hybridized carbons (Fsp3) is 0.526. The topological polar surface area (TPSA) is 99.4 Å². The number of alkyl carbamates (subject to hydrolysis) is 1. The van der Waals surface area contributed by atoms with Crippen molar-refractivity contribution < 1.29 is 14.3 Å². The van der Waals surface area contributed by atoms with Crippen molar-refractivity contribution in [3.8, 4) is 0 Å². The molecule has 1 aromatic carbocycles. The van der Waals surface area contributed by atoms with Crippen LogP contribution in [0.5, 0.6) is 0 Å². The quantitative estimate of drug-likeness (QED) is 0.769. The molecule has 0 unspecified atom stereocenters. The summed E-state index contributed by atoms with van der Waals surface area (Å²) in [6.07, 6.45) is 2.58. The summed E-state index contributed by atoms with van der Waals surface area (Å²) < 4.78 is 5.45. The number of aromatic nitrogens is 2. The minimum Gasteiger partial charge on any atom is -0.441 e. The predicted molar refractivity (Wildman–Crippen MR) is 101 cm³/mol. The van der Waals surface area contributed by atoms with Crippen molar-refractivity contribution in [1.82, 2.24) is 25.5 Å². The maximum Gasteiger partial charge on any atom is 0.407 e. The number of aryl methyl sites for hydroxylation is 1. The van der Waals surface area contributed by atoms with Gasteiger partial charge in [-0.3, -0.25) is 0 Å². The summed E-state index contributed by atoms with van der Waals surface area (Å²) >= 11 is 0. The van der Waals surface area contributed by atoms with Crippen molar-refractivity contribution in [2.24, 2.45) is 0 Å². The maximum atomic E-state index is 12.5. The lowest BCUT2D eigenvalue weighted by Crippen LogP contribution is -2.42. The van der Waals surface area contributed by atoms with Gasteiger partial charge >= 0.3 is 12.1 Å². The van der Waals surface area contributed by atoms with Crippen molar-refractivity contribution >= 4 is 23.2 Å². The molecule has 8 nitrogen and oxygen atoms in total. The number of likely N-dealkylation sites (tertiary alicyclic amines) is 1. The largest absolute Gasteiger partial charge is 0.441 e. The molecule has 8 heteroatoms. The number of nitrogens with zero attached hydrogens (tertiary/aromatic N) is 2. The molecule has 1 aromatic heterocycles. The number of fused-ring (bicyclic) bond motifs is 1. The van der Waals surface area contributed by atoms with Gasteiger partial charge in [0.1, 0.15) is 11.4 Å². The average Bonchev–Trinajstić information content (AvgIpc) is 3.15. The zero-order chi connectivity index (χ0) is 18.9. The van der Waals surface area contributed by atoms with Crippen molar-refractivity contribution in [2.75, 3.05) is 26.2 Å². The van der Waals surface area contributed by atoms with Crippen molar-refractivity contribution in [3.63, 3.8) is 0 Å². The van der Waals surface area contributed by atoms with Crippen LogP contribution in [0.25, 0.3) is 11.0 Å². The van der Waals surface area contributed by atoms with Gasteiger partial charge in [-0.05, 0) is 31.4 Å². The lowest BCUT2D eigenvalue weighted by Gasteiger charge is -2.25. The van der Waals surface area contributed by atoms with Crippen LogP contribution in [0.15, 0.2) is 18.2 Å². The summed E-state index contributed by atoms with van der Waals surface area (Å²) in [5.41, 5.74) is 2.70. The highest BCUT2D eigenvalue weighted by Crippen LogP contribution is 2.29. The van der Waals surface area contributed by atoms with Crippen LogP contribution in [0.4, 0.5) is 9.59 Å². The second kappa shape index (κ2) is 7.09.